The smallest absolute Gasteiger partial charge is 0.194 e. The fourth-order valence-electron chi connectivity index (χ4n) is 4.47. The van der Waals surface area contributed by atoms with Gasteiger partial charge in [0, 0.05) is 22.9 Å². The van der Waals surface area contributed by atoms with Gasteiger partial charge in [-0.25, -0.2) is 0 Å². The van der Waals surface area contributed by atoms with E-state index in [0.29, 0.717) is 6.04 Å². The molecule has 5 rings (SSSR count). The van der Waals surface area contributed by atoms with Crippen LogP contribution < -0.4 is 4.90 Å². The Morgan fingerprint density at radius 2 is 1.36 bits per heavy atom. The van der Waals surface area contributed by atoms with Crippen molar-refractivity contribution in [3.05, 3.63) is 102 Å². The number of benzene rings is 3. The Balaban J connectivity index is 1.78. The van der Waals surface area contributed by atoms with E-state index in [9.17, 15) is 0 Å². The third-order valence-electron chi connectivity index (χ3n) is 5.50. The Kier molecular flexibility index (Phi) is 3.39. The van der Waals surface area contributed by atoms with Gasteiger partial charge in [-0.05, 0) is 24.5 Å². The summed E-state index contributed by atoms with van der Waals surface area (Å²) < 4.78 is 6.63. The van der Waals surface area contributed by atoms with Crippen molar-refractivity contribution in [1.82, 2.24) is 0 Å². The maximum atomic E-state index is 6.63. The van der Waals surface area contributed by atoms with Crippen molar-refractivity contribution in [1.29, 1.82) is 0 Å². The zero-order chi connectivity index (χ0) is 16.7. The number of para-hydroxylation sites is 1. The molecule has 0 saturated carbocycles. The molecule has 0 aliphatic carbocycles. The number of rotatable bonds is 2. The number of hydrogen-bond donors (Lipinski definition) is 0. The van der Waals surface area contributed by atoms with Crippen LogP contribution >= 0.6 is 0 Å². The van der Waals surface area contributed by atoms with Crippen molar-refractivity contribution in [2.24, 2.45) is 0 Å². The Morgan fingerprint density at radius 3 is 2.04 bits per heavy atom. The van der Waals surface area contributed by atoms with Crippen LogP contribution in [0.1, 0.15) is 23.1 Å². The number of anilines is 1. The van der Waals surface area contributed by atoms with Gasteiger partial charge in [-0.1, -0.05) is 78.9 Å². The number of hydrogen-bond acceptors (Lipinski definition) is 2. The van der Waals surface area contributed by atoms with Gasteiger partial charge in [0.25, 0.3) is 0 Å². The topological polar surface area (TPSA) is 12.5 Å². The van der Waals surface area contributed by atoms with E-state index in [4.69, 9.17) is 4.74 Å². The summed E-state index contributed by atoms with van der Waals surface area (Å²) in [6.45, 7) is 0.777. The largest absolute Gasteiger partial charge is 0.347 e. The molecule has 25 heavy (non-hydrogen) atoms. The molecule has 1 fully saturated rings. The molecule has 0 N–H and O–H groups in total. The Hall–Kier alpha value is -2.58. The molecule has 0 spiro atoms. The number of nitrogens with zero attached hydrogens (tertiary/aromatic N) is 1. The van der Waals surface area contributed by atoms with E-state index in [1.54, 1.807) is 0 Å². The first-order valence-corrected chi connectivity index (χ1v) is 9.02. The molecular formula is C23H21NO. The minimum Gasteiger partial charge on any atom is -0.347 e. The second kappa shape index (κ2) is 5.75. The third-order valence-corrected chi connectivity index (χ3v) is 5.50. The van der Waals surface area contributed by atoms with Gasteiger partial charge in [-0.3, -0.25) is 0 Å². The van der Waals surface area contributed by atoms with Gasteiger partial charge in [-0.15, -0.1) is 0 Å². The van der Waals surface area contributed by atoms with E-state index in [2.05, 4.69) is 89.8 Å². The fraction of sp³-hybridized carbons (Fsp3) is 0.217. The summed E-state index contributed by atoms with van der Waals surface area (Å²) in [4.78, 5) is 2.52. The maximum absolute atomic E-state index is 6.63. The molecule has 124 valence electrons. The van der Waals surface area contributed by atoms with Crippen molar-refractivity contribution >= 4 is 5.69 Å². The summed E-state index contributed by atoms with van der Waals surface area (Å²) in [6.07, 6.45) is 2.16. The van der Waals surface area contributed by atoms with Crippen molar-refractivity contribution in [3.63, 3.8) is 0 Å². The fourth-order valence-corrected chi connectivity index (χ4v) is 4.47. The van der Waals surface area contributed by atoms with Crippen LogP contribution in [0.3, 0.4) is 0 Å². The first-order chi connectivity index (χ1) is 12.4. The molecule has 2 heterocycles. The molecule has 0 radical (unpaired) electrons. The maximum Gasteiger partial charge on any atom is 0.194 e. The lowest BCUT2D eigenvalue weighted by atomic mass is 9.89. The summed E-state index contributed by atoms with van der Waals surface area (Å²) in [5, 5.41) is 0. The zero-order valence-corrected chi connectivity index (χ0v) is 14.1. The van der Waals surface area contributed by atoms with Crippen LogP contribution in [0.4, 0.5) is 5.69 Å². The average Bonchev–Trinajstić information content (AvgIpc) is 3.08. The predicted octanol–water partition coefficient (Wildman–Crippen LogP) is 4.74. The molecule has 0 bridgehead atoms. The van der Waals surface area contributed by atoms with Crippen LogP contribution in [0.15, 0.2) is 84.9 Å². The summed E-state index contributed by atoms with van der Waals surface area (Å²) in [5.41, 5.74) is 4.57. The van der Waals surface area contributed by atoms with Crippen LogP contribution in [0.5, 0.6) is 0 Å². The number of ether oxygens (including phenoxy) is 1. The van der Waals surface area contributed by atoms with Gasteiger partial charge in [-0.2, -0.15) is 0 Å². The van der Waals surface area contributed by atoms with Gasteiger partial charge in [0.2, 0.25) is 0 Å². The first kappa shape index (κ1) is 14.7. The molecule has 0 amide bonds. The van der Waals surface area contributed by atoms with Crippen LogP contribution in [-0.4, -0.2) is 12.6 Å². The highest BCUT2D eigenvalue weighted by Gasteiger charge is 2.50. The molecule has 0 aromatic heterocycles. The lowest BCUT2D eigenvalue weighted by Gasteiger charge is -2.50. The quantitative estimate of drug-likeness (QED) is 0.674. The van der Waals surface area contributed by atoms with Gasteiger partial charge in [0.05, 0.1) is 6.61 Å². The molecule has 2 nitrogen and oxygen atoms in total. The third kappa shape index (κ3) is 2.14. The molecule has 2 aliphatic rings. The van der Waals surface area contributed by atoms with Crippen LogP contribution in [0.2, 0.25) is 0 Å². The first-order valence-electron chi connectivity index (χ1n) is 9.02. The highest BCUT2D eigenvalue weighted by molar-refractivity contribution is 5.64. The summed E-state index contributed by atoms with van der Waals surface area (Å²) in [5.74, 6) is 0. The van der Waals surface area contributed by atoms with Crippen LogP contribution in [-0.2, 0) is 16.9 Å². The lowest BCUT2D eigenvalue weighted by Crippen LogP contribution is -2.56. The molecule has 2 heteroatoms. The normalized spacial score (nSPS) is 20.8. The van der Waals surface area contributed by atoms with E-state index < -0.39 is 5.72 Å². The Bertz CT molecular complexity index is 835. The molecule has 2 aliphatic heterocycles. The molecule has 3 aromatic rings. The van der Waals surface area contributed by atoms with E-state index in [0.717, 1.165) is 19.4 Å². The molecular weight excluding hydrogens is 306 g/mol. The van der Waals surface area contributed by atoms with E-state index in [-0.39, 0.29) is 0 Å². The van der Waals surface area contributed by atoms with Gasteiger partial charge >= 0.3 is 0 Å². The summed E-state index contributed by atoms with van der Waals surface area (Å²) >= 11 is 0. The monoisotopic (exact) mass is 327 g/mol. The minimum atomic E-state index is -0.558. The Labute approximate surface area is 148 Å². The SMILES string of the molecule is c1ccc(C2(c3ccccc3)OCCC3Cc4ccccc4N32)cc1. The van der Waals surface area contributed by atoms with Crippen molar-refractivity contribution in [3.8, 4) is 0 Å². The van der Waals surface area contributed by atoms with Crippen molar-refractivity contribution in [2.45, 2.75) is 24.6 Å². The summed E-state index contributed by atoms with van der Waals surface area (Å²) in [7, 11) is 0. The van der Waals surface area contributed by atoms with Gasteiger partial charge in [0.15, 0.2) is 5.72 Å². The van der Waals surface area contributed by atoms with Crippen LogP contribution in [0, 0.1) is 0 Å². The second-order valence-corrected chi connectivity index (χ2v) is 6.87. The number of fused-ring (bicyclic) bond motifs is 3. The van der Waals surface area contributed by atoms with Crippen LogP contribution in [0.25, 0.3) is 0 Å². The lowest BCUT2D eigenvalue weighted by molar-refractivity contribution is -0.0549. The van der Waals surface area contributed by atoms with E-state index >= 15 is 0 Å². The Morgan fingerprint density at radius 1 is 0.760 bits per heavy atom. The standard InChI is InChI=1S/C23H21NO/c1-3-10-19(11-4-1)23(20-12-5-2-6-13-20)24-21(15-16-25-23)17-18-9-7-8-14-22(18)24/h1-14,21H,15-17H2. The molecule has 1 unspecified atom stereocenters. The highest BCUT2D eigenvalue weighted by Crippen LogP contribution is 2.49. The van der Waals surface area contributed by atoms with Gasteiger partial charge in [0.1, 0.15) is 0 Å². The highest BCUT2D eigenvalue weighted by atomic mass is 16.5. The van der Waals surface area contributed by atoms with E-state index in [1.165, 1.54) is 22.4 Å². The van der Waals surface area contributed by atoms with Crippen molar-refractivity contribution < 1.29 is 4.74 Å². The molecule has 3 aromatic carbocycles. The average molecular weight is 327 g/mol. The van der Waals surface area contributed by atoms with Gasteiger partial charge < -0.3 is 9.64 Å². The summed E-state index contributed by atoms with van der Waals surface area (Å²) in [6, 6.07) is 30.6. The minimum absolute atomic E-state index is 0.478. The van der Waals surface area contributed by atoms with Crippen molar-refractivity contribution in [2.75, 3.05) is 11.5 Å². The molecule has 1 atom stereocenters. The zero-order valence-electron chi connectivity index (χ0n) is 14.1. The molecule has 1 saturated heterocycles. The second-order valence-electron chi connectivity index (χ2n) is 6.87. The van der Waals surface area contributed by atoms with E-state index in [1.807, 2.05) is 0 Å². The predicted molar refractivity (Wildman–Crippen MR) is 101 cm³/mol.